The molecule has 29 heavy (non-hydrogen) atoms. The van der Waals surface area contributed by atoms with Gasteiger partial charge in [-0.25, -0.2) is 4.98 Å². The van der Waals surface area contributed by atoms with Crippen LogP contribution in [-0.2, 0) is 0 Å². The number of para-hydroxylation sites is 1. The van der Waals surface area contributed by atoms with E-state index in [1.54, 1.807) is 25.3 Å². The number of aromatic nitrogens is 2. The number of anilines is 1. The molecule has 4 rings (SSSR count). The maximum Gasteiger partial charge on any atom is 0.259 e. The molecule has 0 saturated carbocycles. The second-order valence-electron chi connectivity index (χ2n) is 6.62. The van der Waals surface area contributed by atoms with Crippen LogP contribution in [0.25, 0.3) is 16.9 Å². The van der Waals surface area contributed by atoms with Crippen LogP contribution in [0.1, 0.15) is 15.9 Å². The van der Waals surface area contributed by atoms with Crippen molar-refractivity contribution in [2.45, 2.75) is 6.92 Å². The molecule has 0 spiro atoms. The van der Waals surface area contributed by atoms with E-state index in [9.17, 15) is 4.79 Å². The second-order valence-corrected chi connectivity index (χ2v) is 6.62. The van der Waals surface area contributed by atoms with Gasteiger partial charge in [0.25, 0.3) is 5.91 Å². The Balaban J connectivity index is 1.67. The standard InChI is InChI=1S/C23H21N3O3/c1-15-10-11-16(19-14-26-12-5-4-9-21(26)24-19)13-18(15)25-23(27)17-7-6-8-20(28-2)22(17)29-3/h4-14H,1-3H3,(H,25,27). The third-order valence-electron chi connectivity index (χ3n) is 4.79. The van der Waals surface area contributed by atoms with Crippen molar-refractivity contribution in [1.29, 1.82) is 0 Å². The molecule has 0 saturated heterocycles. The highest BCUT2D eigenvalue weighted by molar-refractivity contribution is 6.07. The van der Waals surface area contributed by atoms with Gasteiger partial charge in [0, 0.05) is 23.6 Å². The smallest absolute Gasteiger partial charge is 0.259 e. The van der Waals surface area contributed by atoms with Crippen LogP contribution in [0.15, 0.2) is 67.0 Å². The quantitative estimate of drug-likeness (QED) is 0.544. The fourth-order valence-electron chi connectivity index (χ4n) is 3.25. The van der Waals surface area contributed by atoms with Gasteiger partial charge in [0.1, 0.15) is 5.65 Å². The van der Waals surface area contributed by atoms with E-state index in [0.717, 1.165) is 28.2 Å². The number of imidazole rings is 1. The summed E-state index contributed by atoms with van der Waals surface area (Å²) in [5, 5.41) is 2.99. The largest absolute Gasteiger partial charge is 0.493 e. The first-order chi connectivity index (χ1) is 14.1. The van der Waals surface area contributed by atoms with Crippen LogP contribution in [0.4, 0.5) is 5.69 Å². The Bertz CT molecular complexity index is 1160. The minimum Gasteiger partial charge on any atom is -0.493 e. The Labute approximate surface area is 168 Å². The van der Waals surface area contributed by atoms with Crippen molar-refractivity contribution in [3.63, 3.8) is 0 Å². The van der Waals surface area contributed by atoms with E-state index in [1.165, 1.54) is 7.11 Å². The van der Waals surface area contributed by atoms with E-state index < -0.39 is 0 Å². The first kappa shape index (κ1) is 18.6. The van der Waals surface area contributed by atoms with Gasteiger partial charge in [-0.15, -0.1) is 0 Å². The average molecular weight is 387 g/mol. The van der Waals surface area contributed by atoms with Crippen molar-refractivity contribution < 1.29 is 14.3 Å². The van der Waals surface area contributed by atoms with E-state index in [2.05, 4.69) is 10.3 Å². The lowest BCUT2D eigenvalue weighted by molar-refractivity contribution is 0.102. The summed E-state index contributed by atoms with van der Waals surface area (Å²) in [6, 6.07) is 17.0. The van der Waals surface area contributed by atoms with Gasteiger partial charge in [-0.2, -0.15) is 0 Å². The molecular weight excluding hydrogens is 366 g/mol. The molecule has 2 aromatic carbocycles. The molecule has 6 nitrogen and oxygen atoms in total. The number of aryl methyl sites for hydroxylation is 1. The molecular formula is C23H21N3O3. The predicted octanol–water partition coefficient (Wildman–Crippen LogP) is 4.58. The first-order valence-electron chi connectivity index (χ1n) is 9.18. The molecule has 0 aliphatic rings. The number of nitrogens with one attached hydrogen (secondary N) is 1. The zero-order chi connectivity index (χ0) is 20.4. The minimum atomic E-state index is -0.268. The second kappa shape index (κ2) is 7.67. The van der Waals surface area contributed by atoms with E-state index in [0.29, 0.717) is 17.1 Å². The van der Waals surface area contributed by atoms with Gasteiger partial charge >= 0.3 is 0 Å². The Morgan fingerprint density at radius 2 is 1.90 bits per heavy atom. The van der Waals surface area contributed by atoms with Gasteiger partial charge < -0.3 is 19.2 Å². The van der Waals surface area contributed by atoms with Gasteiger partial charge in [0.05, 0.1) is 25.5 Å². The van der Waals surface area contributed by atoms with Gasteiger partial charge in [-0.1, -0.05) is 24.3 Å². The Kier molecular flexibility index (Phi) is 4.91. The minimum absolute atomic E-state index is 0.268. The maximum absolute atomic E-state index is 12.9. The summed E-state index contributed by atoms with van der Waals surface area (Å²) >= 11 is 0. The number of hydrogen-bond donors (Lipinski definition) is 1. The summed E-state index contributed by atoms with van der Waals surface area (Å²) < 4.78 is 12.6. The Morgan fingerprint density at radius 1 is 1.03 bits per heavy atom. The number of carbonyl (C=O) groups excluding carboxylic acids is 1. The topological polar surface area (TPSA) is 64.9 Å². The van der Waals surface area contributed by atoms with Crippen molar-refractivity contribution in [1.82, 2.24) is 9.38 Å². The van der Waals surface area contributed by atoms with Crippen molar-refractivity contribution in [3.8, 4) is 22.8 Å². The molecule has 146 valence electrons. The lowest BCUT2D eigenvalue weighted by atomic mass is 10.1. The highest BCUT2D eigenvalue weighted by Gasteiger charge is 2.17. The zero-order valence-electron chi connectivity index (χ0n) is 16.5. The Hall–Kier alpha value is -3.80. The summed E-state index contributed by atoms with van der Waals surface area (Å²) in [6.45, 7) is 1.95. The fourth-order valence-corrected chi connectivity index (χ4v) is 3.25. The molecule has 0 aliphatic heterocycles. The van der Waals surface area contributed by atoms with Crippen LogP contribution < -0.4 is 14.8 Å². The molecule has 0 radical (unpaired) electrons. The van der Waals surface area contributed by atoms with Gasteiger partial charge in [0.15, 0.2) is 11.5 Å². The average Bonchev–Trinajstić information content (AvgIpc) is 3.18. The number of nitrogens with zero attached hydrogens (tertiary/aromatic N) is 2. The van der Waals surface area contributed by atoms with Crippen LogP contribution in [0.5, 0.6) is 11.5 Å². The molecule has 0 aliphatic carbocycles. The number of rotatable bonds is 5. The fraction of sp³-hybridized carbons (Fsp3) is 0.130. The normalized spacial score (nSPS) is 10.7. The third-order valence-corrected chi connectivity index (χ3v) is 4.79. The summed E-state index contributed by atoms with van der Waals surface area (Å²) in [5.74, 6) is 0.646. The third kappa shape index (κ3) is 3.52. The highest BCUT2D eigenvalue weighted by Crippen LogP contribution is 2.32. The monoisotopic (exact) mass is 387 g/mol. The van der Waals surface area contributed by atoms with Crippen LogP contribution in [-0.4, -0.2) is 29.5 Å². The van der Waals surface area contributed by atoms with Gasteiger partial charge in [0.2, 0.25) is 0 Å². The highest BCUT2D eigenvalue weighted by atomic mass is 16.5. The molecule has 1 amide bonds. The molecule has 1 N–H and O–H groups in total. The number of pyridine rings is 1. The van der Waals surface area contributed by atoms with Crippen LogP contribution in [0.2, 0.25) is 0 Å². The van der Waals surface area contributed by atoms with E-state index >= 15 is 0 Å². The number of hydrogen-bond acceptors (Lipinski definition) is 4. The van der Waals surface area contributed by atoms with Crippen molar-refractivity contribution in [3.05, 3.63) is 78.1 Å². The molecule has 0 bridgehead atoms. The van der Waals surface area contributed by atoms with Gasteiger partial charge in [-0.3, -0.25) is 4.79 Å². The number of methoxy groups -OCH3 is 2. The summed E-state index contributed by atoms with van der Waals surface area (Å²) in [5.41, 5.74) is 4.71. The van der Waals surface area contributed by atoms with Gasteiger partial charge in [-0.05, 0) is 42.8 Å². The van der Waals surface area contributed by atoms with Crippen molar-refractivity contribution in [2.75, 3.05) is 19.5 Å². The molecule has 0 fully saturated rings. The van der Waals surface area contributed by atoms with Crippen molar-refractivity contribution >= 4 is 17.2 Å². The van der Waals surface area contributed by atoms with E-state index in [-0.39, 0.29) is 5.91 Å². The molecule has 2 heterocycles. The van der Waals surface area contributed by atoms with Crippen LogP contribution >= 0.6 is 0 Å². The number of amides is 1. The molecule has 6 heteroatoms. The maximum atomic E-state index is 12.9. The number of ether oxygens (including phenoxy) is 2. The summed E-state index contributed by atoms with van der Waals surface area (Å²) in [4.78, 5) is 17.6. The molecule has 2 aromatic heterocycles. The molecule has 0 atom stereocenters. The van der Waals surface area contributed by atoms with E-state index in [1.807, 2.05) is 60.1 Å². The lowest BCUT2D eigenvalue weighted by Crippen LogP contribution is -2.14. The summed E-state index contributed by atoms with van der Waals surface area (Å²) in [6.07, 6.45) is 3.93. The summed E-state index contributed by atoms with van der Waals surface area (Å²) in [7, 11) is 3.06. The predicted molar refractivity (Wildman–Crippen MR) is 113 cm³/mol. The van der Waals surface area contributed by atoms with Crippen LogP contribution in [0.3, 0.4) is 0 Å². The first-order valence-corrected chi connectivity index (χ1v) is 9.18. The van der Waals surface area contributed by atoms with E-state index in [4.69, 9.17) is 9.47 Å². The zero-order valence-corrected chi connectivity index (χ0v) is 16.5. The van der Waals surface area contributed by atoms with Crippen LogP contribution in [0, 0.1) is 6.92 Å². The lowest BCUT2D eigenvalue weighted by Gasteiger charge is -2.14. The number of benzene rings is 2. The number of carbonyl (C=O) groups is 1. The molecule has 0 unspecified atom stereocenters. The van der Waals surface area contributed by atoms with Crippen molar-refractivity contribution in [2.24, 2.45) is 0 Å². The SMILES string of the molecule is COc1cccc(C(=O)Nc2cc(-c3cn4ccccc4n3)ccc2C)c1OC. The number of fused-ring (bicyclic) bond motifs is 1. The Morgan fingerprint density at radius 3 is 2.66 bits per heavy atom. The molecule has 4 aromatic rings.